The largest absolute Gasteiger partial charge is 0.497 e. The van der Waals surface area contributed by atoms with E-state index in [9.17, 15) is 4.79 Å². The molecule has 0 spiro atoms. The second-order valence-electron chi connectivity index (χ2n) is 5.41. The second-order valence-corrected chi connectivity index (χ2v) is 5.41. The first-order valence-corrected chi connectivity index (χ1v) is 7.82. The van der Waals surface area contributed by atoms with E-state index < -0.39 is 0 Å². The van der Waals surface area contributed by atoms with Gasteiger partial charge in [-0.25, -0.2) is 9.78 Å². The number of imidazole rings is 1. The van der Waals surface area contributed by atoms with Crippen LogP contribution in [0.4, 0.5) is 4.79 Å². The fourth-order valence-electron chi connectivity index (χ4n) is 2.40. The molecule has 0 aliphatic rings. The maximum absolute atomic E-state index is 11.8. The van der Waals surface area contributed by atoms with Crippen molar-refractivity contribution in [3.05, 3.63) is 66.1 Å². The molecule has 0 aliphatic heterocycles. The van der Waals surface area contributed by atoms with Gasteiger partial charge in [0.2, 0.25) is 0 Å². The molecule has 0 bridgehead atoms. The molecule has 124 valence electrons. The lowest BCUT2D eigenvalue weighted by Crippen LogP contribution is -2.36. The number of hydrogen-bond donors (Lipinski definition) is 2. The topological polar surface area (TPSA) is 67.7 Å². The average molecular weight is 324 g/mol. The van der Waals surface area contributed by atoms with Gasteiger partial charge < -0.3 is 19.8 Å². The smallest absolute Gasteiger partial charge is 0.315 e. The molecule has 2 aromatic heterocycles. The van der Waals surface area contributed by atoms with E-state index in [0.717, 1.165) is 22.7 Å². The van der Waals surface area contributed by atoms with Crippen molar-refractivity contribution in [1.82, 2.24) is 20.0 Å². The van der Waals surface area contributed by atoms with Gasteiger partial charge >= 0.3 is 6.03 Å². The van der Waals surface area contributed by atoms with Crippen molar-refractivity contribution < 1.29 is 9.53 Å². The molecule has 6 heteroatoms. The lowest BCUT2D eigenvalue weighted by atomic mass is 10.2. The molecule has 0 fully saturated rings. The molecule has 2 N–H and O–H groups in total. The van der Waals surface area contributed by atoms with Crippen molar-refractivity contribution >= 4 is 11.7 Å². The van der Waals surface area contributed by atoms with Crippen molar-refractivity contribution in [3.63, 3.8) is 0 Å². The molecule has 0 saturated heterocycles. The number of nitrogens with zero attached hydrogens (tertiary/aromatic N) is 2. The van der Waals surface area contributed by atoms with Crippen LogP contribution in [0.15, 0.2) is 54.9 Å². The van der Waals surface area contributed by atoms with Crippen molar-refractivity contribution in [1.29, 1.82) is 0 Å². The summed E-state index contributed by atoms with van der Waals surface area (Å²) >= 11 is 0. The number of hydrogen-bond acceptors (Lipinski definition) is 3. The normalized spacial score (nSPS) is 10.5. The van der Waals surface area contributed by atoms with Crippen LogP contribution in [0, 0.1) is 0 Å². The van der Waals surface area contributed by atoms with E-state index in [1.807, 2.05) is 59.3 Å². The summed E-state index contributed by atoms with van der Waals surface area (Å²) in [6.45, 7) is 1.02. The van der Waals surface area contributed by atoms with E-state index in [1.54, 1.807) is 7.11 Å². The standard InChI is InChI=1S/C18H20N4O2/c1-24-16-7-5-14(6-8-16)12-20-18(23)19-10-9-15-13-22-11-3-2-4-17(22)21-15/h2-8,11,13H,9-10,12H2,1H3,(H2,19,20,23). The van der Waals surface area contributed by atoms with Crippen LogP contribution in [0.3, 0.4) is 0 Å². The van der Waals surface area contributed by atoms with Crippen LogP contribution >= 0.6 is 0 Å². The second kappa shape index (κ2) is 7.50. The molecular formula is C18H20N4O2. The Kier molecular flexibility index (Phi) is 4.96. The fraction of sp³-hybridized carbons (Fsp3) is 0.222. The minimum atomic E-state index is -0.186. The number of carbonyl (C=O) groups is 1. The summed E-state index contributed by atoms with van der Waals surface area (Å²) in [6.07, 6.45) is 4.63. The number of rotatable bonds is 6. The molecule has 0 atom stereocenters. The van der Waals surface area contributed by atoms with Crippen LogP contribution in [-0.2, 0) is 13.0 Å². The van der Waals surface area contributed by atoms with Gasteiger partial charge in [0.15, 0.2) is 0 Å². The molecule has 3 aromatic rings. The number of urea groups is 1. The summed E-state index contributed by atoms with van der Waals surface area (Å²) in [7, 11) is 1.63. The van der Waals surface area contributed by atoms with Crippen LogP contribution < -0.4 is 15.4 Å². The Balaban J connectivity index is 1.41. The molecule has 0 saturated carbocycles. The van der Waals surface area contributed by atoms with E-state index >= 15 is 0 Å². The summed E-state index contributed by atoms with van der Waals surface area (Å²) in [6, 6.07) is 13.3. The third-order valence-electron chi connectivity index (χ3n) is 3.69. The maximum atomic E-state index is 11.8. The highest BCUT2D eigenvalue weighted by Crippen LogP contribution is 2.10. The van der Waals surface area contributed by atoms with Gasteiger partial charge in [-0.05, 0) is 29.8 Å². The van der Waals surface area contributed by atoms with Crippen molar-refractivity contribution in [2.45, 2.75) is 13.0 Å². The number of fused-ring (bicyclic) bond motifs is 1. The van der Waals surface area contributed by atoms with Gasteiger partial charge in [0.1, 0.15) is 11.4 Å². The zero-order valence-electron chi connectivity index (χ0n) is 13.5. The molecule has 2 amide bonds. The number of benzene rings is 1. The molecule has 1 aromatic carbocycles. The zero-order valence-corrected chi connectivity index (χ0v) is 13.5. The first-order chi connectivity index (χ1) is 11.7. The van der Waals surface area contributed by atoms with E-state index in [0.29, 0.717) is 19.5 Å². The van der Waals surface area contributed by atoms with E-state index in [1.165, 1.54) is 0 Å². The maximum Gasteiger partial charge on any atom is 0.315 e. The predicted octanol–water partition coefficient (Wildman–Crippen LogP) is 2.38. The van der Waals surface area contributed by atoms with E-state index in [-0.39, 0.29) is 6.03 Å². The third kappa shape index (κ3) is 4.04. The first kappa shape index (κ1) is 15.9. The fourth-order valence-corrected chi connectivity index (χ4v) is 2.40. The highest BCUT2D eigenvalue weighted by Gasteiger charge is 2.03. The summed E-state index contributed by atoms with van der Waals surface area (Å²) < 4.78 is 7.08. The minimum Gasteiger partial charge on any atom is -0.497 e. The van der Waals surface area contributed by atoms with E-state index in [2.05, 4.69) is 15.6 Å². The Labute approximate surface area is 140 Å². The Morgan fingerprint density at radius 2 is 2.00 bits per heavy atom. The molecule has 3 rings (SSSR count). The molecule has 0 aliphatic carbocycles. The number of amides is 2. The van der Waals surface area contributed by atoms with Gasteiger partial charge in [-0.2, -0.15) is 0 Å². The van der Waals surface area contributed by atoms with Gasteiger partial charge in [0.05, 0.1) is 12.8 Å². The van der Waals surface area contributed by atoms with Crippen molar-refractivity contribution in [2.75, 3.05) is 13.7 Å². The Bertz CT molecular complexity index is 778. The lowest BCUT2D eigenvalue weighted by molar-refractivity contribution is 0.240. The minimum absolute atomic E-state index is 0.186. The zero-order chi connectivity index (χ0) is 16.8. The van der Waals surface area contributed by atoms with Crippen LogP contribution in [0.2, 0.25) is 0 Å². The molecule has 2 heterocycles. The Morgan fingerprint density at radius 3 is 2.75 bits per heavy atom. The number of nitrogens with one attached hydrogen (secondary N) is 2. The van der Waals surface area contributed by atoms with Crippen LogP contribution in [-0.4, -0.2) is 29.1 Å². The Hall–Kier alpha value is -3.02. The summed E-state index contributed by atoms with van der Waals surface area (Å²) in [5.74, 6) is 0.802. The summed E-state index contributed by atoms with van der Waals surface area (Å²) in [4.78, 5) is 16.3. The number of methoxy groups -OCH3 is 1. The monoisotopic (exact) mass is 324 g/mol. The van der Waals surface area contributed by atoms with Crippen molar-refractivity contribution in [2.24, 2.45) is 0 Å². The highest BCUT2D eigenvalue weighted by atomic mass is 16.5. The number of ether oxygens (including phenoxy) is 1. The average Bonchev–Trinajstić information content (AvgIpc) is 3.03. The predicted molar refractivity (Wildman–Crippen MR) is 92.1 cm³/mol. The highest BCUT2D eigenvalue weighted by molar-refractivity contribution is 5.73. The van der Waals surface area contributed by atoms with Crippen LogP contribution in [0.5, 0.6) is 5.75 Å². The lowest BCUT2D eigenvalue weighted by Gasteiger charge is -2.07. The third-order valence-corrected chi connectivity index (χ3v) is 3.69. The first-order valence-electron chi connectivity index (χ1n) is 7.82. The molecule has 0 radical (unpaired) electrons. The van der Waals surface area contributed by atoms with E-state index in [4.69, 9.17) is 4.74 Å². The quantitative estimate of drug-likeness (QED) is 0.731. The molecule has 6 nitrogen and oxygen atoms in total. The number of pyridine rings is 1. The molecule has 0 unspecified atom stereocenters. The van der Waals surface area contributed by atoms with Gasteiger partial charge in [-0.3, -0.25) is 0 Å². The summed E-state index contributed by atoms with van der Waals surface area (Å²) in [5.41, 5.74) is 2.89. The number of aromatic nitrogens is 2. The van der Waals surface area contributed by atoms with Crippen molar-refractivity contribution in [3.8, 4) is 5.75 Å². The van der Waals surface area contributed by atoms with Gasteiger partial charge in [-0.15, -0.1) is 0 Å². The van der Waals surface area contributed by atoms with Crippen LogP contribution in [0.1, 0.15) is 11.3 Å². The van der Waals surface area contributed by atoms with Gasteiger partial charge in [-0.1, -0.05) is 18.2 Å². The van der Waals surface area contributed by atoms with Gasteiger partial charge in [0.25, 0.3) is 0 Å². The number of carbonyl (C=O) groups excluding carboxylic acids is 1. The van der Waals surface area contributed by atoms with Gasteiger partial charge in [0, 0.05) is 31.9 Å². The summed E-state index contributed by atoms with van der Waals surface area (Å²) in [5, 5.41) is 5.68. The Morgan fingerprint density at radius 1 is 1.17 bits per heavy atom. The molecule has 24 heavy (non-hydrogen) atoms. The molecular weight excluding hydrogens is 304 g/mol. The van der Waals surface area contributed by atoms with Crippen LogP contribution in [0.25, 0.3) is 5.65 Å². The SMILES string of the molecule is COc1ccc(CNC(=O)NCCc2cn3ccccc3n2)cc1.